The summed E-state index contributed by atoms with van der Waals surface area (Å²) in [5.74, 6) is -1.01. The van der Waals surface area contributed by atoms with Crippen LogP contribution in [0.5, 0.6) is 0 Å². The highest BCUT2D eigenvalue weighted by atomic mass is 16.7. The van der Waals surface area contributed by atoms with Crippen molar-refractivity contribution < 1.29 is 28.5 Å². The highest BCUT2D eigenvalue weighted by Gasteiger charge is 2.46. The molecule has 0 aliphatic carbocycles. The van der Waals surface area contributed by atoms with Crippen molar-refractivity contribution in [1.29, 1.82) is 0 Å². The normalized spacial score (nSPS) is 24.4. The van der Waals surface area contributed by atoms with Gasteiger partial charge in [0, 0.05) is 7.11 Å². The summed E-state index contributed by atoms with van der Waals surface area (Å²) in [6.07, 6.45) is -2.31. The molecule has 7 nitrogen and oxygen atoms in total. The molecule has 0 spiro atoms. The largest absolute Gasteiger partial charge is 0.459 e. The fourth-order valence-electron chi connectivity index (χ4n) is 2.79. The molecule has 4 atom stereocenters. The van der Waals surface area contributed by atoms with Gasteiger partial charge in [-0.05, 0) is 24.3 Å². The fraction of sp³-hybridized carbons (Fsp3) is 0.300. The number of carbonyl (C=O) groups excluding carboxylic acids is 2. The molecule has 1 saturated heterocycles. The molecule has 7 heteroatoms. The molecule has 2 aromatic carbocycles. The molecule has 0 aromatic heterocycles. The zero-order valence-corrected chi connectivity index (χ0v) is 14.8. The number of hydrogen-bond donors (Lipinski definition) is 1. The summed E-state index contributed by atoms with van der Waals surface area (Å²) >= 11 is 0. The van der Waals surface area contributed by atoms with Crippen LogP contribution in [0.1, 0.15) is 20.7 Å². The summed E-state index contributed by atoms with van der Waals surface area (Å²) in [5, 5.41) is 0. The molecule has 0 bridgehead atoms. The highest BCUT2D eigenvalue weighted by Crippen LogP contribution is 2.25. The lowest BCUT2D eigenvalue weighted by Crippen LogP contribution is -2.45. The van der Waals surface area contributed by atoms with Gasteiger partial charge in [-0.25, -0.2) is 9.59 Å². The molecule has 1 aliphatic rings. The third-order valence-electron chi connectivity index (χ3n) is 4.26. The van der Waals surface area contributed by atoms with Crippen molar-refractivity contribution in [2.45, 2.75) is 24.5 Å². The Hall–Kier alpha value is -2.74. The molecule has 3 rings (SSSR count). The maximum atomic E-state index is 12.3. The minimum atomic E-state index is -0.840. The third-order valence-corrected chi connectivity index (χ3v) is 4.26. The number of methoxy groups -OCH3 is 1. The zero-order chi connectivity index (χ0) is 19.2. The minimum absolute atomic E-state index is 0.0753. The lowest BCUT2D eigenvalue weighted by Gasteiger charge is -2.20. The van der Waals surface area contributed by atoms with Gasteiger partial charge < -0.3 is 24.7 Å². The topological polar surface area (TPSA) is 97.1 Å². The first kappa shape index (κ1) is 19.0. The second-order valence-corrected chi connectivity index (χ2v) is 6.06. The Morgan fingerprint density at radius 3 is 2.07 bits per heavy atom. The van der Waals surface area contributed by atoms with E-state index in [1.54, 1.807) is 54.6 Å². The van der Waals surface area contributed by atoms with Gasteiger partial charge in [0.15, 0.2) is 12.4 Å². The molecule has 2 aromatic rings. The summed E-state index contributed by atoms with van der Waals surface area (Å²) in [4.78, 5) is 24.4. The van der Waals surface area contributed by atoms with E-state index >= 15 is 0 Å². The van der Waals surface area contributed by atoms with Gasteiger partial charge in [0.2, 0.25) is 0 Å². The SMILES string of the molecule is COC1O[C@H](COC(=O)c2ccccc2)[C@@H](N)[C@H]1OC(=O)c1ccccc1. The van der Waals surface area contributed by atoms with Crippen molar-refractivity contribution in [3.63, 3.8) is 0 Å². The molecule has 1 unspecified atom stereocenters. The van der Waals surface area contributed by atoms with Gasteiger partial charge in [-0.3, -0.25) is 0 Å². The smallest absolute Gasteiger partial charge is 0.338 e. The average Bonchev–Trinajstić information content (AvgIpc) is 3.02. The lowest BCUT2D eigenvalue weighted by molar-refractivity contribution is -0.154. The predicted octanol–water partition coefficient (Wildman–Crippen LogP) is 1.77. The molecule has 0 amide bonds. The monoisotopic (exact) mass is 371 g/mol. The first-order chi connectivity index (χ1) is 13.1. The Labute approximate surface area is 157 Å². The number of rotatable bonds is 6. The number of hydrogen-bond acceptors (Lipinski definition) is 7. The minimum Gasteiger partial charge on any atom is -0.459 e. The first-order valence-electron chi connectivity index (χ1n) is 8.52. The van der Waals surface area contributed by atoms with Crippen molar-refractivity contribution >= 4 is 11.9 Å². The van der Waals surface area contributed by atoms with Gasteiger partial charge in [0.05, 0.1) is 17.2 Å². The van der Waals surface area contributed by atoms with Gasteiger partial charge in [0.1, 0.15) is 12.7 Å². The van der Waals surface area contributed by atoms with Crippen LogP contribution in [0.2, 0.25) is 0 Å². The van der Waals surface area contributed by atoms with Crippen molar-refractivity contribution in [2.75, 3.05) is 13.7 Å². The van der Waals surface area contributed by atoms with E-state index in [4.69, 9.17) is 24.7 Å². The predicted molar refractivity (Wildman–Crippen MR) is 96.0 cm³/mol. The van der Waals surface area contributed by atoms with Gasteiger partial charge in [0.25, 0.3) is 0 Å². The van der Waals surface area contributed by atoms with E-state index in [9.17, 15) is 9.59 Å². The van der Waals surface area contributed by atoms with E-state index in [0.717, 1.165) is 0 Å². The molecule has 142 valence electrons. The third kappa shape index (κ3) is 4.51. The first-order valence-corrected chi connectivity index (χ1v) is 8.52. The van der Waals surface area contributed by atoms with Crippen LogP contribution in [0, 0.1) is 0 Å². The standard InChI is InChI=1S/C20H21NO6/c1-24-20-17(27-19(23)14-10-6-3-7-11-14)16(21)15(26-20)12-25-18(22)13-8-4-2-5-9-13/h2-11,15-17,20H,12,21H2,1H3/t15-,16-,17-,20?/m1/s1. The molecular weight excluding hydrogens is 350 g/mol. The second kappa shape index (κ2) is 8.77. The summed E-state index contributed by atoms with van der Waals surface area (Å²) in [6.45, 7) is -0.0753. The number of esters is 2. The number of ether oxygens (including phenoxy) is 4. The van der Waals surface area contributed by atoms with Gasteiger partial charge in [-0.15, -0.1) is 0 Å². The molecule has 2 N–H and O–H groups in total. The summed E-state index contributed by atoms with van der Waals surface area (Å²) in [7, 11) is 1.43. The maximum absolute atomic E-state index is 12.3. The Morgan fingerprint density at radius 1 is 0.963 bits per heavy atom. The number of carbonyl (C=O) groups is 2. The molecule has 0 saturated carbocycles. The van der Waals surface area contributed by atoms with Crippen LogP contribution >= 0.6 is 0 Å². The van der Waals surface area contributed by atoms with Gasteiger partial charge >= 0.3 is 11.9 Å². The Morgan fingerprint density at radius 2 is 1.52 bits per heavy atom. The fourth-order valence-corrected chi connectivity index (χ4v) is 2.79. The number of nitrogens with two attached hydrogens (primary N) is 1. The van der Waals surface area contributed by atoms with Crippen LogP contribution in [0.25, 0.3) is 0 Å². The van der Waals surface area contributed by atoms with E-state index in [0.29, 0.717) is 11.1 Å². The molecule has 1 heterocycles. The second-order valence-electron chi connectivity index (χ2n) is 6.06. The van der Waals surface area contributed by atoms with Gasteiger partial charge in [-0.2, -0.15) is 0 Å². The van der Waals surface area contributed by atoms with Crippen LogP contribution in [0.15, 0.2) is 60.7 Å². The van der Waals surface area contributed by atoms with Crippen LogP contribution < -0.4 is 5.73 Å². The Bertz CT molecular complexity index is 767. The van der Waals surface area contributed by atoms with E-state index in [2.05, 4.69) is 0 Å². The van der Waals surface area contributed by atoms with E-state index in [1.807, 2.05) is 6.07 Å². The molecule has 1 fully saturated rings. The van der Waals surface area contributed by atoms with E-state index < -0.39 is 36.5 Å². The molecular formula is C20H21NO6. The van der Waals surface area contributed by atoms with E-state index in [1.165, 1.54) is 7.11 Å². The van der Waals surface area contributed by atoms with Crippen LogP contribution in [0.3, 0.4) is 0 Å². The van der Waals surface area contributed by atoms with Crippen molar-refractivity contribution in [3.05, 3.63) is 71.8 Å². The van der Waals surface area contributed by atoms with Crippen molar-refractivity contribution in [1.82, 2.24) is 0 Å². The lowest BCUT2D eigenvalue weighted by atomic mass is 10.1. The highest BCUT2D eigenvalue weighted by molar-refractivity contribution is 5.89. The van der Waals surface area contributed by atoms with Crippen LogP contribution in [-0.2, 0) is 18.9 Å². The van der Waals surface area contributed by atoms with Crippen LogP contribution in [-0.4, -0.2) is 50.2 Å². The van der Waals surface area contributed by atoms with Gasteiger partial charge in [-0.1, -0.05) is 36.4 Å². The summed E-state index contributed by atoms with van der Waals surface area (Å²) in [6, 6.07) is 16.5. The zero-order valence-electron chi connectivity index (χ0n) is 14.8. The Balaban J connectivity index is 1.60. The number of benzene rings is 2. The van der Waals surface area contributed by atoms with Crippen molar-refractivity contribution in [2.24, 2.45) is 5.73 Å². The van der Waals surface area contributed by atoms with Crippen molar-refractivity contribution in [3.8, 4) is 0 Å². The Kier molecular flexibility index (Phi) is 6.18. The molecule has 27 heavy (non-hydrogen) atoms. The summed E-state index contributed by atoms with van der Waals surface area (Å²) in [5.41, 5.74) is 7.00. The average molecular weight is 371 g/mol. The quantitative estimate of drug-likeness (QED) is 0.773. The van der Waals surface area contributed by atoms with Crippen LogP contribution in [0.4, 0.5) is 0 Å². The van der Waals surface area contributed by atoms with E-state index in [-0.39, 0.29) is 6.61 Å². The maximum Gasteiger partial charge on any atom is 0.338 e. The molecule has 1 aliphatic heterocycles. The molecule has 0 radical (unpaired) electrons. The summed E-state index contributed by atoms with van der Waals surface area (Å²) < 4.78 is 21.6.